The first-order valence-corrected chi connectivity index (χ1v) is 10.7. The summed E-state index contributed by atoms with van der Waals surface area (Å²) in [4.78, 5) is 14.1. The summed E-state index contributed by atoms with van der Waals surface area (Å²) in [6.07, 6.45) is 0. The predicted molar refractivity (Wildman–Crippen MR) is 108 cm³/mol. The number of rotatable bonds is 5. The Kier molecular flexibility index (Phi) is 5.88. The predicted octanol–water partition coefficient (Wildman–Crippen LogP) is 2.74. The summed E-state index contributed by atoms with van der Waals surface area (Å²) in [6, 6.07) is 12.1. The van der Waals surface area contributed by atoms with E-state index in [-0.39, 0.29) is 13.1 Å². The number of aryl methyl sites for hydroxylation is 3. The van der Waals surface area contributed by atoms with Crippen LogP contribution in [0.25, 0.3) is 0 Å². The van der Waals surface area contributed by atoms with Crippen molar-refractivity contribution in [2.24, 2.45) is 0 Å². The molecular weight excluding hydrogens is 376 g/mol. The highest BCUT2D eigenvalue weighted by molar-refractivity contribution is 7.89. The maximum Gasteiger partial charge on any atom is 0.325 e. The van der Waals surface area contributed by atoms with Crippen LogP contribution in [0.4, 0.5) is 0 Å². The third-order valence-corrected chi connectivity index (χ3v) is 7.27. The minimum atomic E-state index is -3.60. The SMILES string of the molecule is Cc1ccc(C(C(=O)O)N2CCN(S(=O)(=O)c3cc(C)ccc3C)CC2)cc1. The van der Waals surface area contributed by atoms with Gasteiger partial charge in [-0.1, -0.05) is 42.0 Å². The molecule has 1 aliphatic heterocycles. The van der Waals surface area contributed by atoms with E-state index in [9.17, 15) is 18.3 Å². The van der Waals surface area contributed by atoms with E-state index in [4.69, 9.17) is 0 Å². The van der Waals surface area contributed by atoms with Crippen LogP contribution in [-0.2, 0) is 14.8 Å². The highest BCUT2D eigenvalue weighted by Gasteiger charge is 2.34. The lowest BCUT2D eigenvalue weighted by Crippen LogP contribution is -2.51. The van der Waals surface area contributed by atoms with Crippen molar-refractivity contribution in [3.05, 3.63) is 64.7 Å². The van der Waals surface area contributed by atoms with Gasteiger partial charge in [0, 0.05) is 26.2 Å². The summed E-state index contributed by atoms with van der Waals surface area (Å²) in [7, 11) is -3.60. The zero-order valence-corrected chi connectivity index (χ0v) is 17.2. The first-order valence-electron chi connectivity index (χ1n) is 9.31. The Morgan fingerprint density at radius 1 is 0.929 bits per heavy atom. The molecule has 1 unspecified atom stereocenters. The highest BCUT2D eigenvalue weighted by Crippen LogP contribution is 2.26. The first kappa shape index (κ1) is 20.5. The molecule has 3 rings (SSSR count). The largest absolute Gasteiger partial charge is 0.480 e. The zero-order valence-electron chi connectivity index (χ0n) is 16.4. The summed E-state index contributed by atoms with van der Waals surface area (Å²) in [5.74, 6) is -0.922. The molecule has 1 aliphatic rings. The van der Waals surface area contributed by atoms with Gasteiger partial charge in [0.15, 0.2) is 0 Å². The molecule has 1 saturated heterocycles. The number of carboxylic acid groups (broad SMARTS) is 1. The maximum atomic E-state index is 13.1. The van der Waals surface area contributed by atoms with E-state index in [0.29, 0.717) is 23.5 Å². The Hall–Kier alpha value is -2.22. The fraction of sp³-hybridized carbons (Fsp3) is 0.381. The Morgan fingerprint density at radius 3 is 2.07 bits per heavy atom. The second kappa shape index (κ2) is 8.03. The molecule has 0 spiro atoms. The second-order valence-corrected chi connectivity index (χ2v) is 9.27. The molecule has 1 atom stereocenters. The molecule has 0 saturated carbocycles. The quantitative estimate of drug-likeness (QED) is 0.832. The monoisotopic (exact) mass is 402 g/mol. The molecule has 0 aromatic heterocycles. The van der Waals surface area contributed by atoms with Crippen LogP contribution < -0.4 is 0 Å². The lowest BCUT2D eigenvalue weighted by Gasteiger charge is -2.37. The normalized spacial score (nSPS) is 17.4. The molecular formula is C21H26N2O4S. The summed E-state index contributed by atoms with van der Waals surface area (Å²) in [5, 5.41) is 9.75. The number of benzene rings is 2. The lowest BCUT2D eigenvalue weighted by atomic mass is 10.0. The second-order valence-electron chi connectivity index (χ2n) is 7.36. The zero-order chi connectivity index (χ0) is 20.5. The Morgan fingerprint density at radius 2 is 1.50 bits per heavy atom. The third kappa shape index (κ3) is 4.11. The van der Waals surface area contributed by atoms with Crippen LogP contribution in [0.15, 0.2) is 47.4 Å². The van der Waals surface area contributed by atoms with Gasteiger partial charge in [0.1, 0.15) is 6.04 Å². The van der Waals surface area contributed by atoms with Crippen molar-refractivity contribution in [3.63, 3.8) is 0 Å². The molecule has 1 N–H and O–H groups in total. The number of nitrogens with zero attached hydrogens (tertiary/aromatic N) is 2. The summed E-state index contributed by atoms with van der Waals surface area (Å²) in [5.41, 5.74) is 3.39. The van der Waals surface area contributed by atoms with E-state index in [1.165, 1.54) is 4.31 Å². The van der Waals surface area contributed by atoms with Gasteiger partial charge in [-0.05, 0) is 43.5 Å². The van der Waals surface area contributed by atoms with Crippen LogP contribution in [0.1, 0.15) is 28.3 Å². The van der Waals surface area contributed by atoms with Gasteiger partial charge < -0.3 is 5.11 Å². The molecule has 7 heteroatoms. The molecule has 0 radical (unpaired) electrons. The fourth-order valence-electron chi connectivity index (χ4n) is 3.58. The number of hydrogen-bond acceptors (Lipinski definition) is 4. The maximum absolute atomic E-state index is 13.1. The van der Waals surface area contributed by atoms with E-state index < -0.39 is 22.0 Å². The standard InChI is InChI=1S/C21H26N2O4S/c1-15-5-8-18(9-6-15)20(21(24)25)22-10-12-23(13-11-22)28(26,27)19-14-16(2)4-7-17(19)3/h4-9,14,20H,10-13H2,1-3H3,(H,24,25). The molecule has 150 valence electrons. The molecule has 0 amide bonds. The molecule has 1 heterocycles. The lowest BCUT2D eigenvalue weighted by molar-refractivity contribution is -0.144. The highest BCUT2D eigenvalue weighted by atomic mass is 32.2. The average molecular weight is 403 g/mol. The van der Waals surface area contributed by atoms with Crippen molar-refractivity contribution >= 4 is 16.0 Å². The van der Waals surface area contributed by atoms with Crippen LogP contribution in [0.5, 0.6) is 0 Å². The number of aliphatic carboxylic acids is 1. The number of sulfonamides is 1. The number of piperazine rings is 1. The average Bonchev–Trinajstić information content (AvgIpc) is 2.65. The van der Waals surface area contributed by atoms with E-state index in [1.54, 1.807) is 13.0 Å². The van der Waals surface area contributed by atoms with Gasteiger partial charge in [0.05, 0.1) is 4.90 Å². The van der Waals surface area contributed by atoms with Gasteiger partial charge in [-0.25, -0.2) is 8.42 Å². The summed E-state index contributed by atoms with van der Waals surface area (Å²) < 4.78 is 27.6. The van der Waals surface area contributed by atoms with Crippen LogP contribution >= 0.6 is 0 Å². The van der Waals surface area contributed by atoms with Gasteiger partial charge >= 0.3 is 5.97 Å². The van der Waals surface area contributed by atoms with Crippen LogP contribution in [0.3, 0.4) is 0 Å². The number of hydrogen-bond donors (Lipinski definition) is 1. The molecule has 1 fully saturated rings. The van der Waals surface area contributed by atoms with Crippen molar-refractivity contribution in [2.45, 2.75) is 31.7 Å². The smallest absolute Gasteiger partial charge is 0.325 e. The van der Waals surface area contributed by atoms with Crippen molar-refractivity contribution in [1.82, 2.24) is 9.21 Å². The molecule has 2 aromatic carbocycles. The minimum Gasteiger partial charge on any atom is -0.480 e. The first-order chi connectivity index (χ1) is 13.2. The van der Waals surface area contributed by atoms with Gasteiger partial charge in [-0.2, -0.15) is 4.31 Å². The number of carbonyl (C=O) groups is 1. The fourth-order valence-corrected chi connectivity index (χ4v) is 5.32. The van der Waals surface area contributed by atoms with Crippen LogP contribution in [-0.4, -0.2) is 54.9 Å². The van der Waals surface area contributed by atoms with Crippen LogP contribution in [0, 0.1) is 20.8 Å². The van der Waals surface area contributed by atoms with Crippen molar-refractivity contribution < 1.29 is 18.3 Å². The summed E-state index contributed by atoms with van der Waals surface area (Å²) >= 11 is 0. The summed E-state index contributed by atoms with van der Waals surface area (Å²) in [6.45, 7) is 6.90. The van der Waals surface area contributed by atoms with Gasteiger partial charge in [-0.15, -0.1) is 0 Å². The molecule has 28 heavy (non-hydrogen) atoms. The molecule has 2 aromatic rings. The van der Waals surface area contributed by atoms with Crippen molar-refractivity contribution in [1.29, 1.82) is 0 Å². The van der Waals surface area contributed by atoms with Gasteiger partial charge in [0.25, 0.3) is 0 Å². The van der Waals surface area contributed by atoms with E-state index in [0.717, 1.165) is 16.7 Å². The van der Waals surface area contributed by atoms with Gasteiger partial charge in [-0.3, -0.25) is 9.69 Å². The van der Waals surface area contributed by atoms with E-state index >= 15 is 0 Å². The van der Waals surface area contributed by atoms with E-state index in [1.807, 2.05) is 55.1 Å². The molecule has 0 aliphatic carbocycles. The Bertz CT molecular complexity index is 962. The minimum absolute atomic E-state index is 0.269. The Labute approximate surface area is 166 Å². The topological polar surface area (TPSA) is 77.9 Å². The third-order valence-electron chi connectivity index (χ3n) is 5.23. The Balaban J connectivity index is 1.78. The van der Waals surface area contributed by atoms with Crippen molar-refractivity contribution in [2.75, 3.05) is 26.2 Å². The number of carboxylic acids is 1. The van der Waals surface area contributed by atoms with Gasteiger partial charge in [0.2, 0.25) is 10.0 Å². The molecule has 0 bridgehead atoms. The van der Waals surface area contributed by atoms with E-state index in [2.05, 4.69) is 0 Å². The van der Waals surface area contributed by atoms with Crippen molar-refractivity contribution in [3.8, 4) is 0 Å². The molecule has 6 nitrogen and oxygen atoms in total. The van der Waals surface area contributed by atoms with Crippen LogP contribution in [0.2, 0.25) is 0 Å².